The number of nitrogens with zero attached hydrogens (tertiary/aromatic N) is 1. The van der Waals surface area contributed by atoms with Crippen molar-refractivity contribution >= 4 is 23.3 Å². The van der Waals surface area contributed by atoms with Crippen LogP contribution in [0.2, 0.25) is 5.02 Å². The number of benzene rings is 2. The van der Waals surface area contributed by atoms with Crippen LogP contribution in [-0.4, -0.2) is 5.11 Å². The van der Waals surface area contributed by atoms with Crippen LogP contribution >= 0.6 is 11.6 Å². The first-order valence-corrected chi connectivity index (χ1v) is 6.15. The zero-order valence-corrected chi connectivity index (χ0v) is 11.1. The second-order valence-corrected chi connectivity index (χ2v) is 4.68. The molecular formula is C16H12ClNO. The molecule has 0 bridgehead atoms. The van der Waals surface area contributed by atoms with Gasteiger partial charge in [0.15, 0.2) is 0 Å². The highest BCUT2D eigenvalue weighted by Crippen LogP contribution is 2.26. The van der Waals surface area contributed by atoms with E-state index >= 15 is 0 Å². The summed E-state index contributed by atoms with van der Waals surface area (Å²) in [4.78, 5) is 0. The maximum absolute atomic E-state index is 9.76. The predicted octanol–water partition coefficient (Wildman–Crippen LogP) is 4.42. The molecule has 0 saturated carbocycles. The van der Waals surface area contributed by atoms with Gasteiger partial charge in [0.05, 0.1) is 11.6 Å². The zero-order chi connectivity index (χ0) is 13.8. The van der Waals surface area contributed by atoms with Crippen LogP contribution in [0.1, 0.15) is 16.7 Å². The van der Waals surface area contributed by atoms with Crippen molar-refractivity contribution in [3.63, 3.8) is 0 Å². The van der Waals surface area contributed by atoms with E-state index in [9.17, 15) is 10.4 Å². The molecule has 0 saturated heterocycles. The lowest BCUT2D eigenvalue weighted by Gasteiger charge is -2.03. The Morgan fingerprint density at radius 3 is 2.53 bits per heavy atom. The molecule has 0 unspecified atom stereocenters. The number of phenolic OH excluding ortho intramolecular Hbond substituents is 1. The van der Waals surface area contributed by atoms with Crippen LogP contribution in [0, 0.1) is 18.3 Å². The molecule has 0 aliphatic heterocycles. The SMILES string of the molecule is Cc1ccc(/C(C#N)=C/c2cc(Cl)ccc2O)cc1. The van der Waals surface area contributed by atoms with Crippen LogP contribution in [0.15, 0.2) is 42.5 Å². The third kappa shape index (κ3) is 3.15. The number of halogens is 1. The highest BCUT2D eigenvalue weighted by atomic mass is 35.5. The minimum absolute atomic E-state index is 0.101. The fraction of sp³-hybridized carbons (Fsp3) is 0.0625. The molecule has 0 fully saturated rings. The molecule has 0 aliphatic carbocycles. The molecule has 2 aromatic rings. The fourth-order valence-electron chi connectivity index (χ4n) is 1.71. The standard InChI is InChI=1S/C16H12ClNO/c1-11-2-4-12(5-3-11)14(10-18)8-13-9-15(17)6-7-16(13)19/h2-9,19H,1H3/b14-8+. The Labute approximate surface area is 117 Å². The van der Waals surface area contributed by atoms with E-state index in [4.69, 9.17) is 11.6 Å². The normalized spacial score (nSPS) is 11.1. The topological polar surface area (TPSA) is 44.0 Å². The number of aromatic hydroxyl groups is 1. The maximum atomic E-state index is 9.76. The van der Waals surface area contributed by atoms with Gasteiger partial charge >= 0.3 is 0 Å². The zero-order valence-electron chi connectivity index (χ0n) is 10.4. The Morgan fingerprint density at radius 2 is 1.89 bits per heavy atom. The van der Waals surface area contributed by atoms with Crippen molar-refractivity contribution in [2.45, 2.75) is 6.92 Å². The van der Waals surface area contributed by atoms with Crippen molar-refractivity contribution in [3.8, 4) is 11.8 Å². The maximum Gasteiger partial charge on any atom is 0.122 e. The highest BCUT2D eigenvalue weighted by Gasteiger charge is 2.04. The monoisotopic (exact) mass is 269 g/mol. The molecule has 3 heteroatoms. The van der Waals surface area contributed by atoms with Gasteiger partial charge in [0, 0.05) is 10.6 Å². The summed E-state index contributed by atoms with van der Waals surface area (Å²) in [5.74, 6) is 0.101. The summed E-state index contributed by atoms with van der Waals surface area (Å²) in [5, 5.41) is 19.5. The van der Waals surface area contributed by atoms with E-state index < -0.39 is 0 Å². The third-order valence-electron chi connectivity index (χ3n) is 2.77. The van der Waals surface area contributed by atoms with Gasteiger partial charge in [-0.15, -0.1) is 0 Å². The summed E-state index contributed by atoms with van der Waals surface area (Å²) in [7, 11) is 0. The molecule has 19 heavy (non-hydrogen) atoms. The number of allylic oxidation sites excluding steroid dienone is 1. The van der Waals surface area contributed by atoms with Crippen LogP contribution in [0.4, 0.5) is 0 Å². The fourth-order valence-corrected chi connectivity index (χ4v) is 1.89. The van der Waals surface area contributed by atoms with Gasteiger partial charge in [-0.2, -0.15) is 5.26 Å². The van der Waals surface area contributed by atoms with Gasteiger partial charge in [-0.3, -0.25) is 0 Å². The largest absolute Gasteiger partial charge is 0.507 e. The Hall–Kier alpha value is -2.24. The van der Waals surface area contributed by atoms with E-state index in [2.05, 4.69) is 6.07 Å². The summed E-state index contributed by atoms with van der Waals surface area (Å²) in [6.45, 7) is 1.99. The molecule has 0 aliphatic rings. The van der Waals surface area contributed by atoms with E-state index in [0.29, 0.717) is 16.2 Å². The number of phenols is 1. The van der Waals surface area contributed by atoms with E-state index in [1.54, 1.807) is 18.2 Å². The molecule has 94 valence electrons. The van der Waals surface area contributed by atoms with Crippen molar-refractivity contribution in [3.05, 3.63) is 64.2 Å². The quantitative estimate of drug-likeness (QED) is 0.648. The van der Waals surface area contributed by atoms with E-state index in [-0.39, 0.29) is 5.75 Å². The van der Waals surface area contributed by atoms with Crippen molar-refractivity contribution in [1.29, 1.82) is 5.26 Å². The van der Waals surface area contributed by atoms with Crippen LogP contribution < -0.4 is 0 Å². The lowest BCUT2D eigenvalue weighted by Crippen LogP contribution is -1.83. The first-order chi connectivity index (χ1) is 9.10. The minimum Gasteiger partial charge on any atom is -0.507 e. The Balaban J connectivity index is 2.47. The average Bonchev–Trinajstić information content (AvgIpc) is 2.41. The van der Waals surface area contributed by atoms with Gasteiger partial charge in [0.2, 0.25) is 0 Å². The van der Waals surface area contributed by atoms with Crippen LogP contribution in [0.5, 0.6) is 5.75 Å². The summed E-state index contributed by atoms with van der Waals surface area (Å²) in [5.41, 5.74) is 2.96. The molecule has 2 aromatic carbocycles. The molecule has 0 atom stereocenters. The molecule has 0 radical (unpaired) electrons. The van der Waals surface area contributed by atoms with Crippen molar-refractivity contribution in [2.75, 3.05) is 0 Å². The van der Waals surface area contributed by atoms with Gasteiger partial charge < -0.3 is 5.11 Å². The summed E-state index contributed by atoms with van der Waals surface area (Å²) in [6.07, 6.45) is 1.63. The third-order valence-corrected chi connectivity index (χ3v) is 3.01. The van der Waals surface area contributed by atoms with Gasteiger partial charge in [0.25, 0.3) is 0 Å². The highest BCUT2D eigenvalue weighted by molar-refractivity contribution is 6.30. The van der Waals surface area contributed by atoms with Gasteiger partial charge in [0.1, 0.15) is 5.75 Å². The number of rotatable bonds is 2. The van der Waals surface area contributed by atoms with Crippen LogP contribution in [0.3, 0.4) is 0 Å². The molecule has 0 spiro atoms. The Bertz CT molecular complexity index is 666. The van der Waals surface area contributed by atoms with Crippen molar-refractivity contribution in [1.82, 2.24) is 0 Å². The lowest BCUT2D eigenvalue weighted by molar-refractivity contribution is 0.474. The van der Waals surface area contributed by atoms with Gasteiger partial charge in [-0.1, -0.05) is 41.4 Å². The number of hydrogen-bond donors (Lipinski definition) is 1. The van der Waals surface area contributed by atoms with Gasteiger partial charge in [-0.25, -0.2) is 0 Å². The second kappa shape index (κ2) is 5.60. The molecular weight excluding hydrogens is 258 g/mol. The molecule has 2 rings (SSSR count). The van der Waals surface area contributed by atoms with Gasteiger partial charge in [-0.05, 0) is 36.8 Å². The number of aryl methyl sites for hydroxylation is 1. The Morgan fingerprint density at radius 1 is 1.21 bits per heavy atom. The number of nitriles is 1. The second-order valence-electron chi connectivity index (χ2n) is 4.24. The smallest absolute Gasteiger partial charge is 0.122 e. The van der Waals surface area contributed by atoms with E-state index in [0.717, 1.165) is 11.1 Å². The van der Waals surface area contributed by atoms with Crippen LogP contribution in [0.25, 0.3) is 11.6 Å². The predicted molar refractivity (Wildman–Crippen MR) is 77.8 cm³/mol. The van der Waals surface area contributed by atoms with Crippen LogP contribution in [-0.2, 0) is 0 Å². The Kier molecular flexibility index (Phi) is 3.89. The molecule has 1 N–H and O–H groups in total. The van der Waals surface area contributed by atoms with Crippen molar-refractivity contribution < 1.29 is 5.11 Å². The molecule has 2 nitrogen and oxygen atoms in total. The summed E-state index contributed by atoms with van der Waals surface area (Å²) < 4.78 is 0. The number of hydrogen-bond acceptors (Lipinski definition) is 2. The molecule has 0 heterocycles. The van der Waals surface area contributed by atoms with Crippen molar-refractivity contribution in [2.24, 2.45) is 0 Å². The van der Waals surface area contributed by atoms with E-state index in [1.165, 1.54) is 6.07 Å². The molecule has 0 aromatic heterocycles. The first-order valence-electron chi connectivity index (χ1n) is 5.77. The average molecular weight is 270 g/mol. The minimum atomic E-state index is 0.101. The summed E-state index contributed by atoms with van der Waals surface area (Å²) in [6, 6.07) is 14.5. The van der Waals surface area contributed by atoms with E-state index in [1.807, 2.05) is 31.2 Å². The summed E-state index contributed by atoms with van der Waals surface area (Å²) >= 11 is 5.89. The molecule has 0 amide bonds. The lowest BCUT2D eigenvalue weighted by atomic mass is 10.0. The first kappa shape index (κ1) is 13.2.